The first kappa shape index (κ1) is 15.8. The summed E-state index contributed by atoms with van der Waals surface area (Å²) in [5, 5.41) is 22.2. The predicted molar refractivity (Wildman–Crippen MR) is 82.1 cm³/mol. The molecular formula is C17H24N2O2. The van der Waals surface area contributed by atoms with Gasteiger partial charge in [-0.25, -0.2) is 0 Å². The number of rotatable bonds is 6. The van der Waals surface area contributed by atoms with E-state index in [-0.39, 0.29) is 6.61 Å². The van der Waals surface area contributed by atoms with Crippen LogP contribution in [0.3, 0.4) is 0 Å². The Balaban J connectivity index is 1.70. The van der Waals surface area contributed by atoms with Crippen molar-refractivity contribution in [2.75, 3.05) is 13.2 Å². The second-order valence-corrected chi connectivity index (χ2v) is 6.62. The Labute approximate surface area is 126 Å². The van der Waals surface area contributed by atoms with Crippen molar-refractivity contribution in [3.63, 3.8) is 0 Å². The van der Waals surface area contributed by atoms with E-state index in [2.05, 4.69) is 25.2 Å². The van der Waals surface area contributed by atoms with Gasteiger partial charge in [0, 0.05) is 12.6 Å². The van der Waals surface area contributed by atoms with Gasteiger partial charge in [0.05, 0.1) is 11.6 Å². The molecule has 0 aromatic heterocycles. The fraction of sp³-hybridized carbons (Fsp3) is 0.588. The molecule has 0 amide bonds. The number of aliphatic hydroxyl groups is 1. The molecule has 1 saturated carbocycles. The first-order valence-electron chi connectivity index (χ1n) is 7.53. The highest BCUT2D eigenvalue weighted by atomic mass is 16.5. The van der Waals surface area contributed by atoms with Crippen molar-refractivity contribution in [2.45, 2.75) is 45.3 Å². The predicted octanol–water partition coefficient (Wildman–Crippen LogP) is 2.47. The number of ether oxygens (including phenoxy) is 1. The highest BCUT2D eigenvalue weighted by molar-refractivity contribution is 5.36. The van der Waals surface area contributed by atoms with E-state index in [0.717, 1.165) is 6.42 Å². The quantitative estimate of drug-likeness (QED) is 0.844. The molecule has 2 N–H and O–H groups in total. The van der Waals surface area contributed by atoms with E-state index in [9.17, 15) is 5.11 Å². The van der Waals surface area contributed by atoms with Crippen LogP contribution in [0.1, 0.15) is 38.7 Å². The minimum atomic E-state index is -0.542. The van der Waals surface area contributed by atoms with Gasteiger partial charge in [0.2, 0.25) is 0 Å². The molecule has 21 heavy (non-hydrogen) atoms. The van der Waals surface area contributed by atoms with Crippen molar-refractivity contribution < 1.29 is 9.84 Å². The fourth-order valence-electron chi connectivity index (χ4n) is 2.82. The molecule has 1 aromatic carbocycles. The molecular weight excluding hydrogens is 264 g/mol. The Hall–Kier alpha value is -1.57. The van der Waals surface area contributed by atoms with Crippen LogP contribution in [-0.2, 0) is 0 Å². The number of hydrogen-bond acceptors (Lipinski definition) is 4. The van der Waals surface area contributed by atoms with Crippen molar-refractivity contribution in [1.29, 1.82) is 5.26 Å². The lowest BCUT2D eigenvalue weighted by atomic mass is 9.92. The van der Waals surface area contributed by atoms with E-state index in [1.54, 1.807) is 24.3 Å². The van der Waals surface area contributed by atoms with E-state index in [1.165, 1.54) is 12.8 Å². The van der Waals surface area contributed by atoms with Crippen molar-refractivity contribution in [3.8, 4) is 11.8 Å². The van der Waals surface area contributed by atoms with Crippen LogP contribution in [0.5, 0.6) is 5.75 Å². The van der Waals surface area contributed by atoms with Gasteiger partial charge in [-0.15, -0.1) is 0 Å². The van der Waals surface area contributed by atoms with E-state index >= 15 is 0 Å². The summed E-state index contributed by atoms with van der Waals surface area (Å²) in [5.41, 5.74) is 0.977. The maximum Gasteiger partial charge on any atom is 0.120 e. The molecule has 0 radical (unpaired) electrons. The molecule has 0 spiro atoms. The van der Waals surface area contributed by atoms with Gasteiger partial charge in [-0.1, -0.05) is 19.9 Å². The largest absolute Gasteiger partial charge is 0.491 e. The van der Waals surface area contributed by atoms with Crippen LogP contribution in [0, 0.1) is 16.7 Å². The Morgan fingerprint density at radius 2 is 2.33 bits per heavy atom. The van der Waals surface area contributed by atoms with E-state index in [1.807, 2.05) is 0 Å². The average Bonchev–Trinajstić information content (AvgIpc) is 2.82. The molecule has 1 aliphatic rings. The highest BCUT2D eigenvalue weighted by Gasteiger charge is 2.30. The minimum absolute atomic E-state index is 0.234. The maximum atomic E-state index is 9.97. The number of aliphatic hydroxyl groups excluding tert-OH is 1. The third-order valence-corrected chi connectivity index (χ3v) is 4.02. The number of benzene rings is 1. The first-order chi connectivity index (χ1) is 9.98. The third-order valence-electron chi connectivity index (χ3n) is 4.02. The number of nitriles is 1. The SMILES string of the molecule is CC1(C)CCC(NCC(O)COc2cccc(C#N)c2)C1. The van der Waals surface area contributed by atoms with E-state index < -0.39 is 6.10 Å². The molecule has 2 rings (SSSR count). The lowest BCUT2D eigenvalue weighted by Crippen LogP contribution is -2.37. The second kappa shape index (κ2) is 6.93. The number of hydrogen-bond donors (Lipinski definition) is 2. The standard InChI is InChI=1S/C17H24N2O2/c1-17(2)7-6-14(9-17)19-11-15(20)12-21-16-5-3-4-13(8-16)10-18/h3-5,8,14-15,19-20H,6-7,9,11-12H2,1-2H3. The number of nitrogens with zero attached hydrogens (tertiary/aromatic N) is 1. The van der Waals surface area contributed by atoms with Crippen LogP contribution in [0.25, 0.3) is 0 Å². The molecule has 0 saturated heterocycles. The summed E-state index contributed by atoms with van der Waals surface area (Å²) in [7, 11) is 0. The van der Waals surface area contributed by atoms with Gasteiger partial charge in [0.1, 0.15) is 18.5 Å². The van der Waals surface area contributed by atoms with Crippen LogP contribution in [0.4, 0.5) is 0 Å². The molecule has 2 atom stereocenters. The molecule has 2 unspecified atom stereocenters. The molecule has 0 heterocycles. The summed E-state index contributed by atoms with van der Waals surface area (Å²) in [6, 6.07) is 9.54. The van der Waals surface area contributed by atoms with Crippen molar-refractivity contribution >= 4 is 0 Å². The van der Waals surface area contributed by atoms with Gasteiger partial charge >= 0.3 is 0 Å². The summed E-state index contributed by atoms with van der Waals surface area (Å²) in [5.74, 6) is 0.620. The van der Waals surface area contributed by atoms with Gasteiger partial charge < -0.3 is 15.2 Å². The molecule has 1 fully saturated rings. The van der Waals surface area contributed by atoms with Crippen LogP contribution in [0.2, 0.25) is 0 Å². The fourth-order valence-corrected chi connectivity index (χ4v) is 2.82. The van der Waals surface area contributed by atoms with Gasteiger partial charge in [0.25, 0.3) is 0 Å². The van der Waals surface area contributed by atoms with Gasteiger partial charge in [0.15, 0.2) is 0 Å². The Bertz CT molecular complexity index is 508. The summed E-state index contributed by atoms with van der Waals surface area (Å²) < 4.78 is 5.53. The Morgan fingerprint density at radius 1 is 1.52 bits per heavy atom. The zero-order valence-electron chi connectivity index (χ0n) is 12.8. The Morgan fingerprint density at radius 3 is 3.00 bits per heavy atom. The summed E-state index contributed by atoms with van der Waals surface area (Å²) in [6.07, 6.45) is 3.02. The van der Waals surface area contributed by atoms with Crippen LogP contribution in [-0.4, -0.2) is 30.4 Å². The summed E-state index contributed by atoms with van der Waals surface area (Å²) in [4.78, 5) is 0. The minimum Gasteiger partial charge on any atom is -0.491 e. The molecule has 4 nitrogen and oxygen atoms in total. The molecule has 4 heteroatoms. The second-order valence-electron chi connectivity index (χ2n) is 6.62. The van der Waals surface area contributed by atoms with Crippen molar-refractivity contribution in [1.82, 2.24) is 5.32 Å². The lowest BCUT2D eigenvalue weighted by molar-refractivity contribution is 0.103. The third kappa shape index (κ3) is 5.04. The lowest BCUT2D eigenvalue weighted by Gasteiger charge is -2.19. The van der Waals surface area contributed by atoms with Crippen LogP contribution in [0.15, 0.2) is 24.3 Å². The maximum absolute atomic E-state index is 9.97. The zero-order chi connectivity index (χ0) is 15.3. The van der Waals surface area contributed by atoms with Crippen molar-refractivity contribution in [3.05, 3.63) is 29.8 Å². The van der Waals surface area contributed by atoms with Gasteiger partial charge in [-0.05, 0) is 42.9 Å². The smallest absolute Gasteiger partial charge is 0.120 e. The molecule has 0 bridgehead atoms. The van der Waals surface area contributed by atoms with Crippen LogP contribution >= 0.6 is 0 Å². The monoisotopic (exact) mass is 288 g/mol. The average molecular weight is 288 g/mol. The zero-order valence-corrected chi connectivity index (χ0v) is 12.8. The summed E-state index contributed by atoms with van der Waals surface area (Å²) in [6.45, 7) is 5.35. The van der Waals surface area contributed by atoms with E-state index in [0.29, 0.717) is 29.3 Å². The number of nitrogens with one attached hydrogen (secondary N) is 1. The first-order valence-corrected chi connectivity index (χ1v) is 7.53. The van der Waals surface area contributed by atoms with Crippen molar-refractivity contribution in [2.24, 2.45) is 5.41 Å². The molecule has 1 aromatic rings. The molecule has 1 aliphatic carbocycles. The van der Waals surface area contributed by atoms with Gasteiger partial charge in [-0.2, -0.15) is 5.26 Å². The normalized spacial score (nSPS) is 21.7. The Kier molecular flexibility index (Phi) is 5.22. The molecule has 114 valence electrons. The molecule has 0 aliphatic heterocycles. The highest BCUT2D eigenvalue weighted by Crippen LogP contribution is 2.36. The summed E-state index contributed by atoms with van der Waals surface area (Å²) >= 11 is 0. The van der Waals surface area contributed by atoms with Gasteiger partial charge in [-0.3, -0.25) is 0 Å². The van der Waals surface area contributed by atoms with Crippen LogP contribution < -0.4 is 10.1 Å². The van der Waals surface area contributed by atoms with E-state index in [4.69, 9.17) is 10.00 Å². The topological polar surface area (TPSA) is 65.3 Å².